The molecule has 148 valence electrons. The van der Waals surface area contributed by atoms with Crippen molar-refractivity contribution in [3.63, 3.8) is 0 Å². The average molecular weight is 401 g/mol. The molecule has 1 N–H and O–H groups in total. The first kappa shape index (κ1) is 19.1. The molecule has 0 saturated carbocycles. The molecule has 0 radical (unpaired) electrons. The van der Waals surface area contributed by atoms with E-state index in [0.717, 1.165) is 32.7 Å². The summed E-state index contributed by atoms with van der Waals surface area (Å²) in [5, 5.41) is 10.9. The van der Waals surface area contributed by atoms with Gasteiger partial charge in [-0.25, -0.2) is 9.37 Å². The number of aliphatic hydroxyl groups is 1. The Hall–Kier alpha value is -2.22. The van der Waals surface area contributed by atoms with Crippen molar-refractivity contribution < 1.29 is 9.50 Å². The van der Waals surface area contributed by atoms with Crippen molar-refractivity contribution in [2.75, 3.05) is 31.1 Å². The molecule has 0 amide bonds. The van der Waals surface area contributed by atoms with Crippen molar-refractivity contribution in [3.8, 4) is 0 Å². The Morgan fingerprint density at radius 2 is 1.96 bits per heavy atom. The number of anilines is 1. The van der Waals surface area contributed by atoms with Gasteiger partial charge in [0.2, 0.25) is 0 Å². The minimum Gasteiger partial charge on any atom is -0.380 e. The first-order valence-corrected chi connectivity index (χ1v) is 10.3. The Morgan fingerprint density at radius 1 is 1.18 bits per heavy atom. The molecule has 1 aliphatic rings. The molecule has 1 fully saturated rings. The van der Waals surface area contributed by atoms with Gasteiger partial charge in [-0.1, -0.05) is 12.1 Å². The molecule has 3 heterocycles. The fourth-order valence-corrected chi connectivity index (χ4v) is 4.72. The number of benzene rings is 1. The van der Waals surface area contributed by atoms with E-state index in [1.807, 2.05) is 23.3 Å². The van der Waals surface area contributed by atoms with Gasteiger partial charge in [-0.05, 0) is 25.1 Å². The lowest BCUT2D eigenvalue weighted by atomic mass is 10.0. The lowest BCUT2D eigenvalue weighted by molar-refractivity contribution is 0.205. The highest BCUT2D eigenvalue weighted by Crippen LogP contribution is 2.33. The molecule has 1 aliphatic heterocycles. The number of nitrogens with zero attached hydrogens (tertiary/aromatic N) is 4. The van der Waals surface area contributed by atoms with Crippen LogP contribution in [0.4, 0.5) is 10.1 Å². The van der Waals surface area contributed by atoms with Crippen molar-refractivity contribution >= 4 is 17.0 Å². The maximum absolute atomic E-state index is 14.8. The zero-order valence-corrected chi connectivity index (χ0v) is 17.0. The number of aromatic nitrogens is 2. The highest BCUT2D eigenvalue weighted by molar-refractivity contribution is 7.11. The Balaban J connectivity index is 1.51. The lowest BCUT2D eigenvalue weighted by Crippen LogP contribution is -2.46. The van der Waals surface area contributed by atoms with Crippen LogP contribution in [0.1, 0.15) is 27.2 Å². The number of aliphatic hydroxyl groups excluding tert-OH is 1. The van der Waals surface area contributed by atoms with Gasteiger partial charge in [0.05, 0.1) is 5.69 Å². The van der Waals surface area contributed by atoms with E-state index in [0.29, 0.717) is 17.1 Å². The maximum atomic E-state index is 14.8. The van der Waals surface area contributed by atoms with E-state index in [9.17, 15) is 9.50 Å². The number of imidazole rings is 1. The average Bonchev–Trinajstić information content (AvgIpc) is 3.30. The molecule has 1 saturated heterocycles. The summed E-state index contributed by atoms with van der Waals surface area (Å²) in [6.07, 6.45) is 2.46. The molecule has 1 aromatic carbocycles. The first-order chi connectivity index (χ1) is 13.5. The van der Waals surface area contributed by atoms with Gasteiger partial charge in [0.15, 0.2) is 0 Å². The molecule has 3 aromatic rings. The summed E-state index contributed by atoms with van der Waals surface area (Å²) >= 11 is 1.83. The molecular formula is C21H25FN4OS. The van der Waals surface area contributed by atoms with Crippen LogP contribution in [0.2, 0.25) is 0 Å². The summed E-state index contributed by atoms with van der Waals surface area (Å²) in [4.78, 5) is 11.4. The molecule has 4 rings (SSSR count). The Kier molecular flexibility index (Phi) is 5.48. The van der Waals surface area contributed by atoms with Gasteiger partial charge in [-0.15, -0.1) is 11.3 Å². The number of hydrogen-bond donors (Lipinski definition) is 1. The van der Waals surface area contributed by atoms with Gasteiger partial charge in [-0.3, -0.25) is 4.90 Å². The van der Waals surface area contributed by atoms with Crippen molar-refractivity contribution in [3.05, 3.63) is 69.7 Å². The van der Waals surface area contributed by atoms with E-state index >= 15 is 0 Å². The molecule has 0 aliphatic carbocycles. The molecule has 1 atom stereocenters. The molecule has 5 nitrogen and oxygen atoms in total. The van der Waals surface area contributed by atoms with Crippen LogP contribution >= 0.6 is 11.3 Å². The zero-order chi connectivity index (χ0) is 19.7. The third kappa shape index (κ3) is 3.83. The van der Waals surface area contributed by atoms with Crippen molar-refractivity contribution in [1.29, 1.82) is 0 Å². The number of para-hydroxylation sites is 1. The first-order valence-electron chi connectivity index (χ1n) is 9.49. The largest absolute Gasteiger partial charge is 0.380 e. The van der Waals surface area contributed by atoms with Crippen LogP contribution in [0.5, 0.6) is 0 Å². The fraction of sp³-hybridized carbons (Fsp3) is 0.381. The number of rotatable bonds is 5. The van der Waals surface area contributed by atoms with Crippen LogP contribution in [-0.4, -0.2) is 45.7 Å². The van der Waals surface area contributed by atoms with Crippen molar-refractivity contribution in [2.45, 2.75) is 19.6 Å². The van der Waals surface area contributed by atoms with Crippen LogP contribution < -0.4 is 4.90 Å². The smallest absolute Gasteiger partial charge is 0.146 e. The van der Waals surface area contributed by atoms with Gasteiger partial charge < -0.3 is 14.6 Å². The number of aryl methyl sites for hydroxylation is 2. The normalized spacial score (nSPS) is 16.5. The summed E-state index contributed by atoms with van der Waals surface area (Å²) in [6.45, 7) is 6.24. The standard InChI is InChI=1S/C21H25FN4OS/c1-15-6-7-16(28-15)14-25-10-12-26(13-11-25)19-17(4-3-5-18(19)22)20(27)21-23-8-9-24(21)2/h3-9,20,27H,10-14H2,1-2H3/t20-/m1/s1. The lowest BCUT2D eigenvalue weighted by Gasteiger charge is -2.37. The minimum absolute atomic E-state index is 0.298. The Morgan fingerprint density at radius 3 is 2.61 bits per heavy atom. The van der Waals surface area contributed by atoms with E-state index in [1.54, 1.807) is 29.1 Å². The van der Waals surface area contributed by atoms with Crippen LogP contribution in [0.25, 0.3) is 0 Å². The van der Waals surface area contributed by atoms with Gasteiger partial charge in [0.1, 0.15) is 17.7 Å². The molecular weight excluding hydrogens is 375 g/mol. The van der Waals surface area contributed by atoms with Crippen LogP contribution in [0.15, 0.2) is 42.7 Å². The summed E-state index contributed by atoms with van der Waals surface area (Å²) in [5.41, 5.74) is 1.06. The predicted octanol–water partition coefficient (Wildman–Crippen LogP) is 3.33. The Labute approximate surface area is 168 Å². The number of piperazine rings is 1. The molecule has 0 spiro atoms. The monoisotopic (exact) mass is 400 g/mol. The predicted molar refractivity (Wildman–Crippen MR) is 110 cm³/mol. The third-order valence-corrected chi connectivity index (χ3v) is 6.27. The second-order valence-corrected chi connectivity index (χ2v) is 8.62. The van der Waals surface area contributed by atoms with E-state index in [2.05, 4.69) is 28.9 Å². The van der Waals surface area contributed by atoms with E-state index < -0.39 is 6.10 Å². The summed E-state index contributed by atoms with van der Waals surface area (Å²) in [7, 11) is 1.83. The molecule has 2 aromatic heterocycles. The summed E-state index contributed by atoms with van der Waals surface area (Å²) in [5.74, 6) is 0.214. The number of thiophene rings is 1. The fourth-order valence-electron chi connectivity index (χ4n) is 3.79. The Bertz CT molecular complexity index is 946. The second-order valence-electron chi connectivity index (χ2n) is 7.25. The van der Waals surface area contributed by atoms with E-state index in [1.165, 1.54) is 15.8 Å². The molecule has 28 heavy (non-hydrogen) atoms. The van der Waals surface area contributed by atoms with Gasteiger partial charge in [0.25, 0.3) is 0 Å². The number of hydrogen-bond acceptors (Lipinski definition) is 5. The maximum Gasteiger partial charge on any atom is 0.146 e. The van der Waals surface area contributed by atoms with E-state index in [-0.39, 0.29) is 5.82 Å². The molecule has 7 heteroatoms. The zero-order valence-electron chi connectivity index (χ0n) is 16.2. The SMILES string of the molecule is Cc1ccc(CN2CCN(c3c(F)cccc3[C@@H](O)c3nccn3C)CC2)s1. The number of halogens is 1. The van der Waals surface area contributed by atoms with Gasteiger partial charge >= 0.3 is 0 Å². The van der Waals surface area contributed by atoms with Crippen LogP contribution in [-0.2, 0) is 13.6 Å². The third-order valence-electron chi connectivity index (χ3n) is 5.28. The quantitative estimate of drug-likeness (QED) is 0.714. The van der Waals surface area contributed by atoms with E-state index in [4.69, 9.17) is 0 Å². The minimum atomic E-state index is -0.960. The van der Waals surface area contributed by atoms with Crippen molar-refractivity contribution in [2.24, 2.45) is 7.05 Å². The second kappa shape index (κ2) is 8.03. The summed E-state index contributed by atoms with van der Waals surface area (Å²) in [6, 6.07) is 9.24. The van der Waals surface area contributed by atoms with Gasteiger partial charge in [0, 0.05) is 67.5 Å². The molecule has 0 unspecified atom stereocenters. The van der Waals surface area contributed by atoms with Crippen molar-refractivity contribution in [1.82, 2.24) is 14.5 Å². The summed E-state index contributed by atoms with van der Waals surface area (Å²) < 4.78 is 16.6. The molecule has 0 bridgehead atoms. The topological polar surface area (TPSA) is 44.5 Å². The highest BCUT2D eigenvalue weighted by Gasteiger charge is 2.26. The highest BCUT2D eigenvalue weighted by atomic mass is 32.1. The van der Waals surface area contributed by atoms with Gasteiger partial charge in [-0.2, -0.15) is 0 Å². The van der Waals surface area contributed by atoms with Crippen LogP contribution in [0, 0.1) is 12.7 Å². The van der Waals surface area contributed by atoms with Crippen LogP contribution in [0.3, 0.4) is 0 Å².